The highest BCUT2D eigenvalue weighted by Gasteiger charge is 2.22. The van der Waals surface area contributed by atoms with Crippen molar-refractivity contribution < 1.29 is 0 Å². The molecule has 2 aromatic rings. The molecule has 3 rings (SSSR count). The summed E-state index contributed by atoms with van der Waals surface area (Å²) in [5.41, 5.74) is 6.59. The zero-order chi connectivity index (χ0) is 18.0. The Morgan fingerprint density at radius 2 is 2.08 bits per heavy atom. The molecule has 130 valence electrons. The first-order valence-corrected chi connectivity index (χ1v) is 8.30. The quantitative estimate of drug-likeness (QED) is 0.868. The lowest BCUT2D eigenvalue weighted by atomic mass is 10.1. The minimum Gasteiger partial charge on any atom is -0.356 e. The van der Waals surface area contributed by atoms with Crippen molar-refractivity contribution in [3.05, 3.63) is 62.3 Å². The number of rotatable bonds is 3. The van der Waals surface area contributed by atoms with Gasteiger partial charge in [0, 0.05) is 32.2 Å². The van der Waals surface area contributed by atoms with Crippen LogP contribution in [0, 0.1) is 11.3 Å². The summed E-state index contributed by atoms with van der Waals surface area (Å²) in [4.78, 5) is 26.9. The molecular weight excluding hydrogens is 324 g/mol. The molecule has 7 nitrogen and oxygen atoms in total. The van der Waals surface area contributed by atoms with Gasteiger partial charge in [0.15, 0.2) is 0 Å². The van der Waals surface area contributed by atoms with E-state index in [0.29, 0.717) is 17.9 Å². The van der Waals surface area contributed by atoms with Gasteiger partial charge in [-0.15, -0.1) is 0 Å². The van der Waals surface area contributed by atoms with Crippen LogP contribution in [0.15, 0.2) is 39.9 Å². The minimum absolute atomic E-state index is 0.0211. The van der Waals surface area contributed by atoms with E-state index >= 15 is 0 Å². The van der Waals surface area contributed by atoms with E-state index in [2.05, 4.69) is 6.07 Å². The van der Waals surface area contributed by atoms with Gasteiger partial charge in [-0.2, -0.15) is 5.26 Å². The van der Waals surface area contributed by atoms with Crippen LogP contribution in [0.4, 0.5) is 5.82 Å². The average molecular weight is 345 g/mol. The molecule has 0 saturated carbocycles. The van der Waals surface area contributed by atoms with E-state index in [1.807, 2.05) is 17.0 Å². The third-order valence-corrected chi connectivity index (χ3v) is 4.63. The van der Waals surface area contributed by atoms with Crippen LogP contribution in [-0.2, 0) is 13.6 Å². The van der Waals surface area contributed by atoms with Crippen molar-refractivity contribution in [3.63, 3.8) is 0 Å². The van der Waals surface area contributed by atoms with Crippen molar-refractivity contribution in [3.8, 4) is 6.07 Å². The summed E-state index contributed by atoms with van der Waals surface area (Å²) in [5, 5.41) is 9.30. The Bertz CT molecular complexity index is 938. The Morgan fingerprint density at radius 3 is 2.80 bits per heavy atom. The Kier molecular flexibility index (Phi) is 4.72. The van der Waals surface area contributed by atoms with Gasteiger partial charge < -0.3 is 10.6 Å². The third kappa shape index (κ3) is 3.35. The predicted octanol–water partition coefficient (Wildman–Crippen LogP) is 0.394. The fourth-order valence-electron chi connectivity index (χ4n) is 3.22. The topological polar surface area (TPSA) is 97.1 Å². The Morgan fingerprint density at radius 1 is 1.32 bits per heavy atom. The summed E-state index contributed by atoms with van der Waals surface area (Å²) >= 11 is 0. The molecule has 1 aromatic heterocycles. The second kappa shape index (κ2) is 6.95. The van der Waals surface area contributed by atoms with E-state index in [1.54, 1.807) is 16.7 Å². The molecule has 1 saturated heterocycles. The first-order valence-electron chi connectivity index (χ1n) is 8.30. The zero-order valence-corrected chi connectivity index (χ0v) is 14.2. The van der Waals surface area contributed by atoms with Crippen LogP contribution in [0.5, 0.6) is 0 Å². The number of benzene rings is 1. The molecule has 1 aliphatic heterocycles. The van der Waals surface area contributed by atoms with Crippen LogP contribution in [0.2, 0.25) is 0 Å². The lowest BCUT2D eigenvalue weighted by Crippen LogP contribution is -2.47. The fraction of sp³-hybridized carbons (Fsp3) is 0.389. The molecule has 1 fully saturated rings. The maximum absolute atomic E-state index is 12.7. The molecule has 2 heterocycles. The largest absolute Gasteiger partial charge is 0.356 e. The van der Waals surface area contributed by atoms with E-state index in [1.165, 1.54) is 13.1 Å². The standard InChI is InChI=1S/C18H21N5O2/c1-21-17(24)9-16(22-8-4-7-15(20)12-22)23(18(21)25)11-14-6-3-2-5-13(14)10-19/h2-3,5-6,9,15H,4,7-8,11-12,20H2,1H3/t15-/m1/s1/i2+1,3+1,5+1,6+1,13+1,14+1. The number of hydrogen-bond acceptors (Lipinski definition) is 5. The minimum atomic E-state index is -0.394. The van der Waals surface area contributed by atoms with Crippen LogP contribution < -0.4 is 21.9 Å². The Balaban J connectivity index is 2.11. The van der Waals surface area contributed by atoms with Gasteiger partial charge in [-0.1, -0.05) is 18.2 Å². The molecule has 1 aromatic carbocycles. The smallest absolute Gasteiger partial charge is 0.332 e. The van der Waals surface area contributed by atoms with Crippen LogP contribution >= 0.6 is 0 Å². The summed E-state index contributed by atoms with van der Waals surface area (Å²) < 4.78 is 2.64. The molecule has 2 N–H and O–H groups in total. The van der Waals surface area contributed by atoms with Gasteiger partial charge >= 0.3 is 5.69 Å². The van der Waals surface area contributed by atoms with Crippen molar-refractivity contribution in [1.29, 1.82) is 5.26 Å². The van der Waals surface area contributed by atoms with Crippen molar-refractivity contribution in [1.82, 2.24) is 9.13 Å². The van der Waals surface area contributed by atoms with Gasteiger partial charge in [0.05, 0.1) is 18.2 Å². The summed E-state index contributed by atoms with van der Waals surface area (Å²) in [5.74, 6) is 0.566. The second-order valence-corrected chi connectivity index (χ2v) is 6.39. The van der Waals surface area contributed by atoms with Gasteiger partial charge in [-0.05, 0) is 24.5 Å². The second-order valence-electron chi connectivity index (χ2n) is 6.39. The highest BCUT2D eigenvalue weighted by molar-refractivity contribution is 5.42. The molecule has 0 unspecified atom stereocenters. The maximum atomic E-state index is 12.7. The highest BCUT2D eigenvalue weighted by atomic mass is 16.2. The van der Waals surface area contributed by atoms with Crippen molar-refractivity contribution in [2.45, 2.75) is 25.4 Å². The van der Waals surface area contributed by atoms with Gasteiger partial charge in [0.2, 0.25) is 0 Å². The normalized spacial score (nSPS) is 17.3. The predicted molar refractivity (Wildman–Crippen MR) is 95.6 cm³/mol. The first-order chi connectivity index (χ1) is 12.0. The lowest BCUT2D eigenvalue weighted by molar-refractivity contribution is 0.491. The molecule has 7 heteroatoms. The number of piperidine rings is 1. The highest BCUT2D eigenvalue weighted by Crippen LogP contribution is 2.19. The summed E-state index contributed by atoms with van der Waals surface area (Å²) in [6, 6.07) is 10.8. The fourth-order valence-corrected chi connectivity index (χ4v) is 3.22. The monoisotopic (exact) mass is 345 g/mol. The molecular formula is C18H21N5O2. The summed E-state index contributed by atoms with van der Waals surface area (Å²) in [6.45, 7) is 1.59. The Labute approximate surface area is 145 Å². The number of anilines is 1. The SMILES string of the molecule is Cn1c(=O)cc(N2CCC[C@@H](N)C2)n(C[13c]2[13cH][13cH][13cH][13cH][13c]2C#N)c1=O. The van der Waals surface area contributed by atoms with E-state index in [4.69, 9.17) is 5.73 Å². The van der Waals surface area contributed by atoms with E-state index in [0.717, 1.165) is 29.5 Å². The zero-order valence-electron chi connectivity index (χ0n) is 14.2. The summed E-state index contributed by atoms with van der Waals surface area (Å²) in [6.07, 6.45) is 1.85. The van der Waals surface area contributed by atoms with Crippen LogP contribution in [-0.4, -0.2) is 28.3 Å². The lowest BCUT2D eigenvalue weighted by Gasteiger charge is -2.34. The van der Waals surface area contributed by atoms with Crippen molar-refractivity contribution >= 4 is 5.82 Å². The third-order valence-electron chi connectivity index (χ3n) is 4.63. The Hall–Kier alpha value is -2.85. The number of nitrogens with zero attached hydrogens (tertiary/aromatic N) is 4. The van der Waals surface area contributed by atoms with Crippen LogP contribution in [0.25, 0.3) is 0 Å². The molecule has 0 bridgehead atoms. The van der Waals surface area contributed by atoms with Gasteiger partial charge in [-0.3, -0.25) is 13.9 Å². The van der Waals surface area contributed by atoms with E-state index < -0.39 is 5.69 Å². The average Bonchev–Trinajstić information content (AvgIpc) is 2.62. The molecule has 0 spiro atoms. The summed E-state index contributed by atoms with van der Waals surface area (Å²) in [7, 11) is 1.46. The van der Waals surface area contributed by atoms with Crippen molar-refractivity contribution in [2.24, 2.45) is 12.8 Å². The van der Waals surface area contributed by atoms with Gasteiger partial charge in [0.1, 0.15) is 5.82 Å². The molecule has 1 atom stereocenters. The van der Waals surface area contributed by atoms with Crippen molar-refractivity contribution in [2.75, 3.05) is 18.0 Å². The molecule has 0 aliphatic carbocycles. The molecule has 0 radical (unpaired) electrons. The van der Waals surface area contributed by atoms with Gasteiger partial charge in [-0.25, -0.2) is 4.79 Å². The molecule has 1 aliphatic rings. The number of nitriles is 1. The van der Waals surface area contributed by atoms with Gasteiger partial charge in [0.25, 0.3) is 5.56 Å². The molecule has 0 amide bonds. The maximum Gasteiger partial charge on any atom is 0.332 e. The molecule has 25 heavy (non-hydrogen) atoms. The van der Waals surface area contributed by atoms with Crippen LogP contribution in [0.3, 0.4) is 0 Å². The number of hydrogen-bond donors (Lipinski definition) is 1. The van der Waals surface area contributed by atoms with E-state index in [-0.39, 0.29) is 18.1 Å². The number of aromatic nitrogens is 2. The van der Waals surface area contributed by atoms with Crippen LogP contribution in [0.1, 0.15) is 24.0 Å². The van der Waals surface area contributed by atoms with E-state index in [9.17, 15) is 14.9 Å². The first kappa shape index (κ1) is 17.0. The number of nitrogens with two attached hydrogens (primary N) is 1.